The molecule has 0 spiro atoms. The van der Waals surface area contributed by atoms with Crippen LogP contribution in [0.4, 0.5) is 0 Å². The van der Waals surface area contributed by atoms with Crippen LogP contribution < -0.4 is 0 Å². The molecule has 58 heavy (non-hydrogen) atoms. The average Bonchev–Trinajstić information content (AvgIpc) is 3.15. The molecular weight excluding hydrogens is 748 g/mol. The van der Waals surface area contributed by atoms with Crippen LogP contribution in [0.15, 0.2) is 23.8 Å². The summed E-state index contributed by atoms with van der Waals surface area (Å²) in [5.41, 5.74) is -1.86. The lowest BCUT2D eigenvalue weighted by atomic mass is 9.29. The number of phenols is 3. The monoisotopic (exact) mass is 814 g/mol. The first-order valence-electron chi connectivity index (χ1n) is 21.1. The first-order valence-corrected chi connectivity index (χ1v) is 21.1. The van der Waals surface area contributed by atoms with E-state index in [0.29, 0.717) is 25.7 Å². The van der Waals surface area contributed by atoms with Gasteiger partial charge in [-0.3, -0.25) is 4.79 Å². The van der Waals surface area contributed by atoms with Crippen molar-refractivity contribution < 1.29 is 64.7 Å². The second-order valence-electron chi connectivity index (χ2n) is 21.1. The van der Waals surface area contributed by atoms with Crippen LogP contribution >= 0.6 is 0 Å². The van der Waals surface area contributed by atoms with Crippen molar-refractivity contribution in [3.05, 3.63) is 29.3 Å². The van der Waals surface area contributed by atoms with Gasteiger partial charge >= 0.3 is 11.9 Å². The number of hydrogen-bond acceptors (Lipinski definition) is 13. The molecule has 5 aliphatic carbocycles. The third kappa shape index (κ3) is 5.68. The molecule has 4 saturated carbocycles. The van der Waals surface area contributed by atoms with E-state index >= 15 is 0 Å². The van der Waals surface area contributed by atoms with Crippen LogP contribution in [-0.2, 0) is 19.0 Å². The first-order chi connectivity index (χ1) is 26.7. The Kier molecular flexibility index (Phi) is 10.3. The molecule has 324 valence electrons. The lowest BCUT2D eigenvalue weighted by Crippen LogP contribution is -2.71. The van der Waals surface area contributed by atoms with Gasteiger partial charge in [-0.05, 0) is 108 Å². The molecule has 1 aliphatic heterocycles. The number of benzene rings is 1. The van der Waals surface area contributed by atoms with Crippen LogP contribution in [0.5, 0.6) is 17.2 Å². The number of aliphatic hydroxyl groups is 5. The third-order valence-corrected chi connectivity index (χ3v) is 18.5. The Morgan fingerprint density at radius 3 is 2.09 bits per heavy atom. The number of fused-ring (bicyclic) bond motifs is 7. The van der Waals surface area contributed by atoms with E-state index in [2.05, 4.69) is 68.4 Å². The molecule has 7 rings (SSSR count). The summed E-state index contributed by atoms with van der Waals surface area (Å²) in [4.78, 5) is 27.8. The van der Waals surface area contributed by atoms with Gasteiger partial charge < -0.3 is 55.1 Å². The van der Waals surface area contributed by atoms with Gasteiger partial charge in [0.1, 0.15) is 31.0 Å². The highest BCUT2D eigenvalue weighted by atomic mass is 16.7. The van der Waals surface area contributed by atoms with Crippen LogP contribution in [0.3, 0.4) is 0 Å². The fraction of sp³-hybridized carbons (Fsp3) is 0.778. The van der Waals surface area contributed by atoms with Crippen molar-refractivity contribution in [2.45, 2.75) is 157 Å². The van der Waals surface area contributed by atoms with E-state index < -0.39 is 89.5 Å². The molecule has 13 heteroatoms. The lowest BCUT2D eigenvalue weighted by molar-refractivity contribution is -0.299. The van der Waals surface area contributed by atoms with Crippen LogP contribution in [0, 0.1) is 55.7 Å². The fourth-order valence-corrected chi connectivity index (χ4v) is 13.8. The largest absolute Gasteiger partial charge is 0.504 e. The highest BCUT2D eigenvalue weighted by Crippen LogP contribution is 2.79. The molecule has 0 unspecified atom stereocenters. The molecule has 1 heterocycles. The Hall–Kier alpha value is -2.94. The van der Waals surface area contributed by atoms with E-state index in [9.17, 15) is 50.4 Å². The van der Waals surface area contributed by atoms with E-state index in [1.165, 1.54) is 5.57 Å². The summed E-state index contributed by atoms with van der Waals surface area (Å²) in [5.74, 6) is -3.67. The normalized spacial score (nSPS) is 46.6. The minimum absolute atomic E-state index is 0.179. The van der Waals surface area contributed by atoms with Gasteiger partial charge in [-0.15, -0.1) is 0 Å². The van der Waals surface area contributed by atoms with Gasteiger partial charge in [-0.25, -0.2) is 4.79 Å². The number of phenolic OH excluding ortho intramolecular Hbond substituents is 3. The Balaban J connectivity index is 1.18. The van der Waals surface area contributed by atoms with Crippen LogP contribution in [0.25, 0.3) is 0 Å². The van der Waals surface area contributed by atoms with Crippen LogP contribution in [0.1, 0.15) is 124 Å². The van der Waals surface area contributed by atoms with E-state index in [-0.39, 0.29) is 50.4 Å². The molecule has 8 N–H and O–H groups in total. The Morgan fingerprint density at radius 2 is 1.45 bits per heavy atom. The molecule has 13 nitrogen and oxygen atoms in total. The maximum Gasteiger partial charge on any atom is 0.338 e. The molecule has 0 amide bonds. The summed E-state index contributed by atoms with van der Waals surface area (Å²) in [6, 6.07) is 1.77. The molecule has 0 bridgehead atoms. The fourth-order valence-electron chi connectivity index (χ4n) is 13.8. The predicted octanol–water partition coefficient (Wildman–Crippen LogP) is 5.08. The van der Waals surface area contributed by atoms with Gasteiger partial charge in [0.25, 0.3) is 0 Å². The Labute approximate surface area is 341 Å². The maximum absolute atomic E-state index is 15.0. The molecular formula is C45H66O13. The van der Waals surface area contributed by atoms with Crippen molar-refractivity contribution >= 4 is 11.9 Å². The van der Waals surface area contributed by atoms with Crippen molar-refractivity contribution in [2.24, 2.45) is 55.7 Å². The molecule has 5 fully saturated rings. The molecule has 15 atom stereocenters. The summed E-state index contributed by atoms with van der Waals surface area (Å²) >= 11 is 0. The van der Waals surface area contributed by atoms with Crippen molar-refractivity contribution in [3.63, 3.8) is 0 Å². The first kappa shape index (κ1) is 43.2. The number of aliphatic hydroxyl groups excluding tert-OH is 5. The van der Waals surface area contributed by atoms with Crippen molar-refractivity contribution in [2.75, 3.05) is 6.61 Å². The zero-order valence-electron chi connectivity index (χ0n) is 35.5. The predicted molar refractivity (Wildman–Crippen MR) is 210 cm³/mol. The maximum atomic E-state index is 15.0. The quantitative estimate of drug-likeness (QED) is 0.111. The van der Waals surface area contributed by atoms with E-state index in [1.54, 1.807) is 0 Å². The number of allylic oxidation sites excluding steroid dienone is 2. The third-order valence-electron chi connectivity index (χ3n) is 18.5. The topological polar surface area (TPSA) is 224 Å². The number of carbonyl (C=O) groups is 2. The van der Waals surface area contributed by atoms with Gasteiger partial charge in [-0.2, -0.15) is 0 Å². The Bertz CT molecular complexity index is 1840. The molecule has 1 aromatic rings. The molecule has 0 aromatic heterocycles. The lowest BCUT2D eigenvalue weighted by Gasteiger charge is -2.75. The number of rotatable bonds is 5. The number of aromatic hydroxyl groups is 3. The van der Waals surface area contributed by atoms with Crippen molar-refractivity contribution in [3.8, 4) is 17.2 Å². The smallest absolute Gasteiger partial charge is 0.338 e. The zero-order valence-corrected chi connectivity index (χ0v) is 35.5. The zero-order chi connectivity index (χ0) is 42.9. The van der Waals surface area contributed by atoms with Crippen molar-refractivity contribution in [1.29, 1.82) is 0 Å². The highest BCUT2D eigenvalue weighted by molar-refractivity contribution is 5.91. The van der Waals surface area contributed by atoms with Gasteiger partial charge in [0, 0.05) is 5.92 Å². The molecule has 0 radical (unpaired) electrons. The van der Waals surface area contributed by atoms with Crippen molar-refractivity contribution in [1.82, 2.24) is 0 Å². The highest BCUT2D eigenvalue weighted by Gasteiger charge is 2.74. The second-order valence-corrected chi connectivity index (χ2v) is 21.1. The number of hydrogen-bond donors (Lipinski definition) is 8. The summed E-state index contributed by atoms with van der Waals surface area (Å²) in [6.45, 7) is 19.7. The number of esters is 2. The summed E-state index contributed by atoms with van der Waals surface area (Å²) in [7, 11) is 0. The van der Waals surface area contributed by atoms with E-state index in [1.807, 2.05) is 0 Å². The van der Waals surface area contributed by atoms with Gasteiger partial charge in [0.05, 0.1) is 23.2 Å². The minimum atomic E-state index is -1.82. The van der Waals surface area contributed by atoms with E-state index in [0.717, 1.165) is 37.8 Å². The number of ether oxygens (including phenoxy) is 3. The average molecular weight is 815 g/mol. The minimum Gasteiger partial charge on any atom is -0.504 e. The van der Waals surface area contributed by atoms with Gasteiger partial charge in [-0.1, -0.05) is 74.0 Å². The molecule has 1 aromatic carbocycles. The second kappa shape index (κ2) is 13.8. The summed E-state index contributed by atoms with van der Waals surface area (Å²) in [6.07, 6.45) is -2.06. The standard InChI is InChI=1S/C45H66O13/c1-22-12-13-45(38(55)58-37-33(52)32(51)31(50)28(57-37)21-56-36(54)23-18-25(46)30(49)26(47)19-23)17-15-41(6)24(34(45)39(22,2)3)10-11-29-42(41,7)14-16-44(9)40(4,5)35(53)27(48)20-43(29,44)8/h10,18-19,22,27-29,31-35,37,46-53H,11-17,20-21H2,1-9H3/t22-,27-,28+,29+,31+,32-,33+,34-,35+,37-,41-,42-,43-,44+,45+/m1/s1. The summed E-state index contributed by atoms with van der Waals surface area (Å²) in [5, 5.41) is 84.8. The SMILES string of the molecule is C[C@@H]1CC[C@]2(C(=O)O[C@H]3O[C@@H](COC(=O)c4cc(O)c(O)c(O)c4)[C@H](O)[C@@H](O)[C@@H]3O)CC[C@]3(C)C(=CC[C@@H]4[C@@]5(C)C[C@@H](O)[C@H](O)C(C)(C)[C@]5(C)CC[C@]43C)[C@@H]2C1(C)C. The van der Waals surface area contributed by atoms with Gasteiger partial charge in [0.2, 0.25) is 6.29 Å². The number of carbonyl (C=O) groups excluding carboxylic acids is 2. The molecule has 6 aliphatic rings. The van der Waals surface area contributed by atoms with E-state index in [4.69, 9.17) is 14.2 Å². The molecule has 1 saturated heterocycles. The van der Waals surface area contributed by atoms with Gasteiger partial charge in [0.15, 0.2) is 17.2 Å². The Morgan fingerprint density at radius 1 is 0.810 bits per heavy atom. The summed E-state index contributed by atoms with van der Waals surface area (Å²) < 4.78 is 17.3. The van der Waals surface area contributed by atoms with Crippen LogP contribution in [-0.4, -0.2) is 102 Å². The van der Waals surface area contributed by atoms with Crippen LogP contribution in [0.2, 0.25) is 0 Å².